The Morgan fingerprint density at radius 3 is 2.60 bits per heavy atom. The van der Waals surface area contributed by atoms with Gasteiger partial charge in [0.05, 0.1) is 0 Å². The average molecular weight is 210 g/mol. The molecule has 0 aromatic rings. The van der Waals surface area contributed by atoms with E-state index < -0.39 is 0 Å². The molecule has 1 aliphatic rings. The van der Waals surface area contributed by atoms with Gasteiger partial charge in [0.15, 0.2) is 0 Å². The van der Waals surface area contributed by atoms with Crippen molar-refractivity contribution in [1.29, 1.82) is 0 Å². The number of amides is 1. The lowest BCUT2D eigenvalue weighted by Crippen LogP contribution is -2.38. The number of carbonyl (C=O) groups is 1. The summed E-state index contributed by atoms with van der Waals surface area (Å²) in [6.07, 6.45) is 7.14. The summed E-state index contributed by atoms with van der Waals surface area (Å²) in [6, 6.07) is -0.241. The predicted molar refractivity (Wildman–Crippen MR) is 62.2 cm³/mol. The number of unbranched alkanes of at least 4 members (excludes halogenated alkanes) is 2. The second kappa shape index (κ2) is 5.79. The predicted octanol–water partition coefficient (Wildman–Crippen LogP) is 2.08. The molecular formula is C12H22N2O. The maximum absolute atomic E-state index is 10.9. The first-order valence-corrected chi connectivity index (χ1v) is 5.92. The van der Waals surface area contributed by atoms with Crippen LogP contribution in [0, 0.1) is 0 Å². The van der Waals surface area contributed by atoms with Crippen molar-refractivity contribution in [1.82, 2.24) is 5.32 Å². The minimum absolute atomic E-state index is 0.241. The van der Waals surface area contributed by atoms with E-state index in [1.807, 2.05) is 6.92 Å². The number of allylic oxidation sites excluding steroid dienone is 2. The highest BCUT2D eigenvalue weighted by atomic mass is 16.1. The van der Waals surface area contributed by atoms with E-state index in [9.17, 15) is 4.79 Å². The molecular weight excluding hydrogens is 188 g/mol. The Bertz CT molecular complexity index is 252. The molecule has 3 N–H and O–H groups in total. The van der Waals surface area contributed by atoms with E-state index in [-0.39, 0.29) is 11.9 Å². The van der Waals surface area contributed by atoms with Crippen molar-refractivity contribution in [2.75, 3.05) is 0 Å². The molecule has 1 saturated carbocycles. The molecule has 0 heterocycles. The summed E-state index contributed by atoms with van der Waals surface area (Å²) < 4.78 is 0. The highest BCUT2D eigenvalue weighted by molar-refractivity contribution is 5.79. The fourth-order valence-electron chi connectivity index (χ4n) is 1.60. The van der Waals surface area contributed by atoms with Gasteiger partial charge in [-0.15, -0.1) is 0 Å². The first-order chi connectivity index (χ1) is 7.15. The van der Waals surface area contributed by atoms with Crippen molar-refractivity contribution < 1.29 is 4.79 Å². The van der Waals surface area contributed by atoms with Crippen molar-refractivity contribution in [2.45, 2.75) is 58.4 Å². The Labute approximate surface area is 92.1 Å². The van der Waals surface area contributed by atoms with Gasteiger partial charge in [0.1, 0.15) is 6.04 Å². The zero-order valence-corrected chi connectivity index (χ0v) is 9.81. The van der Waals surface area contributed by atoms with E-state index in [4.69, 9.17) is 5.73 Å². The molecule has 15 heavy (non-hydrogen) atoms. The maximum Gasteiger partial charge on any atom is 0.239 e. The van der Waals surface area contributed by atoms with E-state index in [0.717, 1.165) is 6.42 Å². The van der Waals surface area contributed by atoms with Crippen LogP contribution in [0.4, 0.5) is 0 Å². The highest BCUT2D eigenvalue weighted by Crippen LogP contribution is 2.32. The van der Waals surface area contributed by atoms with Gasteiger partial charge in [-0.1, -0.05) is 25.3 Å². The molecule has 0 aliphatic heterocycles. The van der Waals surface area contributed by atoms with E-state index in [1.54, 1.807) is 0 Å². The fourth-order valence-corrected chi connectivity index (χ4v) is 1.60. The first-order valence-electron chi connectivity index (χ1n) is 5.92. The van der Waals surface area contributed by atoms with Gasteiger partial charge in [-0.25, -0.2) is 0 Å². The summed E-state index contributed by atoms with van der Waals surface area (Å²) in [5.41, 5.74) is 7.99. The number of nitrogens with two attached hydrogens (primary N) is 1. The summed E-state index contributed by atoms with van der Waals surface area (Å²) in [4.78, 5) is 10.9. The quantitative estimate of drug-likeness (QED) is 0.632. The van der Waals surface area contributed by atoms with E-state index in [2.05, 4.69) is 12.2 Å². The van der Waals surface area contributed by atoms with Crippen LogP contribution in [-0.4, -0.2) is 11.9 Å². The molecule has 86 valence electrons. The maximum atomic E-state index is 10.9. The largest absolute Gasteiger partial charge is 0.377 e. The van der Waals surface area contributed by atoms with Crippen molar-refractivity contribution >= 4 is 5.91 Å². The molecule has 1 amide bonds. The van der Waals surface area contributed by atoms with Gasteiger partial charge in [0.2, 0.25) is 5.91 Å². The van der Waals surface area contributed by atoms with E-state index in [1.165, 1.54) is 43.4 Å². The minimum Gasteiger partial charge on any atom is -0.377 e. The van der Waals surface area contributed by atoms with Crippen LogP contribution in [0.5, 0.6) is 0 Å². The van der Waals surface area contributed by atoms with E-state index >= 15 is 0 Å². The number of carbonyl (C=O) groups excluding carboxylic acids is 1. The van der Waals surface area contributed by atoms with Gasteiger partial charge < -0.3 is 11.1 Å². The van der Waals surface area contributed by atoms with Crippen LogP contribution in [0.1, 0.15) is 52.4 Å². The number of hydrogen-bond acceptors (Lipinski definition) is 2. The zero-order valence-electron chi connectivity index (χ0n) is 9.81. The third-order valence-electron chi connectivity index (χ3n) is 2.77. The Morgan fingerprint density at radius 2 is 2.13 bits per heavy atom. The second-order valence-electron chi connectivity index (χ2n) is 4.31. The average Bonchev–Trinajstić information content (AvgIpc) is 2.99. The van der Waals surface area contributed by atoms with Crippen molar-refractivity contribution in [3.05, 3.63) is 11.3 Å². The number of nitrogens with one attached hydrogen (secondary N) is 1. The summed E-state index contributed by atoms with van der Waals surface area (Å²) in [6.45, 7) is 4.02. The van der Waals surface area contributed by atoms with Crippen molar-refractivity contribution in [2.24, 2.45) is 5.73 Å². The van der Waals surface area contributed by atoms with Crippen LogP contribution >= 0.6 is 0 Å². The normalized spacial score (nSPS) is 16.0. The molecule has 3 heteroatoms. The molecule has 0 radical (unpaired) electrons. The molecule has 3 nitrogen and oxygen atoms in total. The number of primary amides is 1. The minimum atomic E-state index is -0.274. The molecule has 1 rings (SSSR count). The van der Waals surface area contributed by atoms with Gasteiger partial charge in [-0.2, -0.15) is 0 Å². The lowest BCUT2D eigenvalue weighted by atomic mass is 10.1. The smallest absolute Gasteiger partial charge is 0.239 e. The molecule has 1 aliphatic carbocycles. The van der Waals surface area contributed by atoms with Crippen molar-refractivity contribution in [3.8, 4) is 0 Å². The molecule has 0 saturated heterocycles. The summed E-state index contributed by atoms with van der Waals surface area (Å²) in [5, 5.41) is 3.24. The SMILES string of the molecule is CCCCCC(NC(C)C(N)=O)=C1CC1. The standard InChI is InChI=1S/C12H22N2O/c1-3-4-5-6-11(10-7-8-10)14-9(2)12(13)15/h9,14H,3-8H2,1-2H3,(H2,13,15). The zero-order chi connectivity index (χ0) is 11.3. The lowest BCUT2D eigenvalue weighted by molar-refractivity contribution is -0.119. The lowest BCUT2D eigenvalue weighted by Gasteiger charge is -2.15. The summed E-state index contributed by atoms with van der Waals surface area (Å²) in [5.74, 6) is -0.274. The van der Waals surface area contributed by atoms with Gasteiger partial charge in [0, 0.05) is 5.70 Å². The van der Waals surface area contributed by atoms with Crippen LogP contribution in [0.15, 0.2) is 11.3 Å². The molecule has 0 aromatic carbocycles. The second-order valence-corrected chi connectivity index (χ2v) is 4.31. The van der Waals surface area contributed by atoms with Gasteiger partial charge in [-0.05, 0) is 32.6 Å². The molecule has 0 aromatic heterocycles. The van der Waals surface area contributed by atoms with Crippen LogP contribution in [0.25, 0.3) is 0 Å². The third-order valence-corrected chi connectivity index (χ3v) is 2.77. The fraction of sp³-hybridized carbons (Fsp3) is 0.750. The van der Waals surface area contributed by atoms with E-state index in [0.29, 0.717) is 0 Å². The van der Waals surface area contributed by atoms with Crippen LogP contribution in [-0.2, 0) is 4.79 Å². The molecule has 1 atom stereocenters. The number of hydrogen-bond donors (Lipinski definition) is 2. The monoisotopic (exact) mass is 210 g/mol. The van der Waals surface area contributed by atoms with Crippen LogP contribution in [0.3, 0.4) is 0 Å². The summed E-state index contributed by atoms with van der Waals surface area (Å²) in [7, 11) is 0. The van der Waals surface area contributed by atoms with Crippen molar-refractivity contribution in [3.63, 3.8) is 0 Å². The Balaban J connectivity index is 2.39. The van der Waals surface area contributed by atoms with Gasteiger partial charge in [0.25, 0.3) is 0 Å². The molecule has 0 bridgehead atoms. The Hall–Kier alpha value is -0.990. The highest BCUT2D eigenvalue weighted by Gasteiger charge is 2.19. The van der Waals surface area contributed by atoms with Gasteiger partial charge in [-0.3, -0.25) is 4.79 Å². The van der Waals surface area contributed by atoms with Crippen LogP contribution < -0.4 is 11.1 Å². The Morgan fingerprint density at radius 1 is 1.47 bits per heavy atom. The third kappa shape index (κ3) is 4.36. The van der Waals surface area contributed by atoms with Crippen LogP contribution in [0.2, 0.25) is 0 Å². The molecule has 0 spiro atoms. The summed E-state index contributed by atoms with van der Waals surface area (Å²) >= 11 is 0. The topological polar surface area (TPSA) is 55.1 Å². The molecule has 1 unspecified atom stereocenters. The molecule has 1 fully saturated rings. The number of rotatable bonds is 7. The van der Waals surface area contributed by atoms with Gasteiger partial charge >= 0.3 is 0 Å². The first kappa shape index (κ1) is 12.1. The Kier molecular flexibility index (Phi) is 4.66.